The van der Waals surface area contributed by atoms with Gasteiger partial charge in [0.2, 0.25) is 0 Å². The molecule has 0 aliphatic carbocycles. The van der Waals surface area contributed by atoms with Crippen molar-refractivity contribution >= 4 is 17.4 Å². The Hall–Kier alpha value is -0.670. The summed E-state index contributed by atoms with van der Waals surface area (Å²) in [6.07, 6.45) is 2.14. The van der Waals surface area contributed by atoms with E-state index in [2.05, 4.69) is 49.5 Å². The zero-order valence-corrected chi connectivity index (χ0v) is 11.0. The molecular weight excluding hydrogens is 204 g/mol. The zero-order valence-electron chi connectivity index (χ0n) is 10.2. The Balaban J connectivity index is 2.53. The predicted molar refractivity (Wildman–Crippen MR) is 68.3 cm³/mol. The largest absolute Gasteiger partial charge is 0.308 e. The minimum Gasteiger partial charge on any atom is -0.308 e. The van der Waals surface area contributed by atoms with Crippen molar-refractivity contribution in [1.29, 1.82) is 0 Å². The van der Waals surface area contributed by atoms with Crippen LogP contribution in [0, 0.1) is 6.92 Å². The number of rotatable bonds is 3. The summed E-state index contributed by atoms with van der Waals surface area (Å²) >= 11 is 1.69. The highest BCUT2D eigenvalue weighted by molar-refractivity contribution is 7.09. The molecule has 84 valence electrons. The Morgan fingerprint density at radius 1 is 1.53 bits per heavy atom. The molecule has 3 heteroatoms. The second kappa shape index (κ2) is 4.90. The molecule has 0 saturated carbocycles. The lowest BCUT2D eigenvalue weighted by atomic mass is 10.1. The number of nitrogens with one attached hydrogen (secondary N) is 1. The Labute approximate surface area is 96.4 Å². The molecule has 1 rings (SSSR count). The number of thiazole rings is 1. The standard InChI is InChI=1S/C12H20N2S/c1-9(7-13-12(3,4)5)6-11-8-15-10(2)14-11/h6,8,13H,7H2,1-5H3. The van der Waals surface area contributed by atoms with Crippen molar-refractivity contribution in [2.75, 3.05) is 6.54 Å². The van der Waals surface area contributed by atoms with Gasteiger partial charge in [0.1, 0.15) is 0 Å². The molecule has 0 atom stereocenters. The van der Waals surface area contributed by atoms with E-state index in [1.165, 1.54) is 5.57 Å². The predicted octanol–water partition coefficient (Wildman–Crippen LogP) is 3.24. The highest BCUT2D eigenvalue weighted by atomic mass is 32.1. The minimum atomic E-state index is 0.174. The summed E-state index contributed by atoms with van der Waals surface area (Å²) in [7, 11) is 0. The topological polar surface area (TPSA) is 24.9 Å². The first-order valence-electron chi connectivity index (χ1n) is 5.21. The number of aryl methyl sites for hydroxylation is 1. The molecule has 1 heterocycles. The first kappa shape index (κ1) is 12.4. The van der Waals surface area contributed by atoms with E-state index in [4.69, 9.17) is 0 Å². The zero-order chi connectivity index (χ0) is 11.5. The number of hydrogen-bond donors (Lipinski definition) is 1. The third-order valence-electron chi connectivity index (χ3n) is 1.93. The summed E-state index contributed by atoms with van der Waals surface area (Å²) in [5, 5.41) is 6.67. The van der Waals surface area contributed by atoms with Gasteiger partial charge < -0.3 is 5.32 Å². The fraction of sp³-hybridized carbons (Fsp3) is 0.583. The molecule has 0 aromatic carbocycles. The van der Waals surface area contributed by atoms with Crippen molar-refractivity contribution in [3.63, 3.8) is 0 Å². The van der Waals surface area contributed by atoms with E-state index < -0.39 is 0 Å². The normalized spacial score (nSPS) is 13.3. The van der Waals surface area contributed by atoms with Crippen LogP contribution >= 0.6 is 11.3 Å². The fourth-order valence-corrected chi connectivity index (χ4v) is 1.72. The van der Waals surface area contributed by atoms with Gasteiger partial charge in [-0.15, -0.1) is 11.3 Å². The third kappa shape index (κ3) is 5.09. The lowest BCUT2D eigenvalue weighted by Crippen LogP contribution is -2.36. The van der Waals surface area contributed by atoms with E-state index in [0.717, 1.165) is 17.2 Å². The van der Waals surface area contributed by atoms with Gasteiger partial charge in [-0.2, -0.15) is 0 Å². The van der Waals surface area contributed by atoms with Crippen LogP contribution in [0.4, 0.5) is 0 Å². The summed E-state index contributed by atoms with van der Waals surface area (Å²) in [6, 6.07) is 0. The molecule has 15 heavy (non-hydrogen) atoms. The summed E-state index contributed by atoms with van der Waals surface area (Å²) in [5.74, 6) is 0. The molecule has 0 radical (unpaired) electrons. The van der Waals surface area contributed by atoms with Gasteiger partial charge >= 0.3 is 0 Å². The second-order valence-electron chi connectivity index (χ2n) is 4.89. The van der Waals surface area contributed by atoms with Gasteiger partial charge in [0, 0.05) is 17.5 Å². The fourth-order valence-electron chi connectivity index (χ4n) is 1.15. The number of aromatic nitrogens is 1. The van der Waals surface area contributed by atoms with E-state index in [1.54, 1.807) is 11.3 Å². The Morgan fingerprint density at radius 2 is 2.20 bits per heavy atom. The van der Waals surface area contributed by atoms with E-state index in [1.807, 2.05) is 6.92 Å². The molecular formula is C12H20N2S. The highest BCUT2D eigenvalue weighted by Gasteiger charge is 2.07. The van der Waals surface area contributed by atoms with Gasteiger partial charge in [-0.3, -0.25) is 0 Å². The van der Waals surface area contributed by atoms with E-state index in [9.17, 15) is 0 Å². The molecule has 1 N–H and O–H groups in total. The monoisotopic (exact) mass is 224 g/mol. The molecule has 0 amide bonds. The van der Waals surface area contributed by atoms with Crippen molar-refractivity contribution in [3.05, 3.63) is 21.7 Å². The molecule has 1 aromatic rings. The van der Waals surface area contributed by atoms with Crippen molar-refractivity contribution < 1.29 is 0 Å². The van der Waals surface area contributed by atoms with Crippen LogP contribution in [-0.2, 0) is 0 Å². The summed E-state index contributed by atoms with van der Waals surface area (Å²) in [6.45, 7) is 11.6. The third-order valence-corrected chi connectivity index (χ3v) is 2.72. The molecule has 0 aliphatic heterocycles. The SMILES string of the molecule is CC(=Cc1csc(C)n1)CNC(C)(C)C. The Kier molecular flexibility index (Phi) is 4.05. The summed E-state index contributed by atoms with van der Waals surface area (Å²) in [4.78, 5) is 4.41. The molecule has 0 fully saturated rings. The van der Waals surface area contributed by atoms with Crippen LogP contribution in [0.1, 0.15) is 38.4 Å². The van der Waals surface area contributed by atoms with E-state index in [0.29, 0.717) is 0 Å². The maximum absolute atomic E-state index is 4.41. The van der Waals surface area contributed by atoms with Crippen LogP contribution < -0.4 is 5.32 Å². The molecule has 0 saturated heterocycles. The number of nitrogens with zero attached hydrogens (tertiary/aromatic N) is 1. The molecule has 0 spiro atoms. The van der Waals surface area contributed by atoms with Gasteiger partial charge in [-0.05, 0) is 40.7 Å². The van der Waals surface area contributed by atoms with Gasteiger partial charge in [0.15, 0.2) is 0 Å². The van der Waals surface area contributed by atoms with Crippen LogP contribution in [0.5, 0.6) is 0 Å². The van der Waals surface area contributed by atoms with Crippen molar-refractivity contribution in [3.8, 4) is 0 Å². The molecule has 0 bridgehead atoms. The highest BCUT2D eigenvalue weighted by Crippen LogP contribution is 2.11. The molecule has 0 unspecified atom stereocenters. The van der Waals surface area contributed by atoms with Crippen LogP contribution in [0.15, 0.2) is 11.0 Å². The smallest absolute Gasteiger partial charge is 0.0901 e. The van der Waals surface area contributed by atoms with E-state index in [-0.39, 0.29) is 5.54 Å². The van der Waals surface area contributed by atoms with Crippen LogP contribution in [0.25, 0.3) is 6.08 Å². The van der Waals surface area contributed by atoms with Gasteiger partial charge in [-0.25, -0.2) is 4.98 Å². The lowest BCUT2D eigenvalue weighted by molar-refractivity contribution is 0.445. The average molecular weight is 224 g/mol. The molecule has 0 aliphatic rings. The molecule has 2 nitrogen and oxygen atoms in total. The lowest BCUT2D eigenvalue weighted by Gasteiger charge is -2.20. The summed E-state index contributed by atoms with van der Waals surface area (Å²) < 4.78 is 0. The van der Waals surface area contributed by atoms with E-state index >= 15 is 0 Å². The second-order valence-corrected chi connectivity index (χ2v) is 5.95. The quantitative estimate of drug-likeness (QED) is 0.852. The first-order valence-corrected chi connectivity index (χ1v) is 6.09. The number of hydrogen-bond acceptors (Lipinski definition) is 3. The van der Waals surface area contributed by atoms with Gasteiger partial charge in [0.05, 0.1) is 10.7 Å². The van der Waals surface area contributed by atoms with Crippen LogP contribution in [-0.4, -0.2) is 17.1 Å². The van der Waals surface area contributed by atoms with Crippen LogP contribution in [0.3, 0.4) is 0 Å². The van der Waals surface area contributed by atoms with Gasteiger partial charge in [-0.1, -0.05) is 5.57 Å². The first-order chi connectivity index (χ1) is 6.87. The Bertz CT molecular complexity index is 345. The van der Waals surface area contributed by atoms with Crippen LogP contribution in [0.2, 0.25) is 0 Å². The van der Waals surface area contributed by atoms with Crippen molar-refractivity contribution in [1.82, 2.24) is 10.3 Å². The maximum Gasteiger partial charge on any atom is 0.0901 e. The maximum atomic E-state index is 4.41. The average Bonchev–Trinajstić information content (AvgIpc) is 2.47. The Morgan fingerprint density at radius 3 is 2.67 bits per heavy atom. The van der Waals surface area contributed by atoms with Crippen molar-refractivity contribution in [2.24, 2.45) is 0 Å². The molecule has 1 aromatic heterocycles. The van der Waals surface area contributed by atoms with Gasteiger partial charge in [0.25, 0.3) is 0 Å². The van der Waals surface area contributed by atoms with Crippen molar-refractivity contribution in [2.45, 2.75) is 40.2 Å². The summed E-state index contributed by atoms with van der Waals surface area (Å²) in [5.41, 5.74) is 2.56. The minimum absolute atomic E-state index is 0.174.